The zero-order chi connectivity index (χ0) is 14.3. The number of nitrogens with one attached hydrogen (secondary N) is 1. The predicted molar refractivity (Wildman–Crippen MR) is 81.8 cm³/mol. The van der Waals surface area contributed by atoms with E-state index in [-0.39, 0.29) is 6.04 Å². The lowest BCUT2D eigenvalue weighted by molar-refractivity contribution is 0.0231. The Labute approximate surface area is 120 Å². The highest BCUT2D eigenvalue weighted by Crippen LogP contribution is 2.19. The second-order valence-electron chi connectivity index (χ2n) is 5.12. The van der Waals surface area contributed by atoms with Gasteiger partial charge >= 0.3 is 0 Å². The van der Waals surface area contributed by atoms with Gasteiger partial charge in [0.15, 0.2) is 0 Å². The van der Waals surface area contributed by atoms with E-state index < -0.39 is 5.60 Å². The minimum absolute atomic E-state index is 0.227. The Bertz CT molecular complexity index is 365. The standard InChI is InChI=1S/C15H25NO2S/c1-12(13-5-7-14(19-4)8-6-13)16-11-15(2,17)9-10-18-3/h5-8,12,16-17H,9-11H2,1-4H3. The first-order chi connectivity index (χ1) is 8.98. The van der Waals surface area contributed by atoms with Crippen molar-refractivity contribution in [2.45, 2.75) is 36.8 Å². The van der Waals surface area contributed by atoms with Crippen LogP contribution in [-0.2, 0) is 4.74 Å². The number of benzene rings is 1. The summed E-state index contributed by atoms with van der Waals surface area (Å²) in [4.78, 5) is 1.27. The van der Waals surface area contributed by atoms with E-state index >= 15 is 0 Å². The fraction of sp³-hybridized carbons (Fsp3) is 0.600. The summed E-state index contributed by atoms with van der Waals surface area (Å²) in [6, 6.07) is 8.74. The Morgan fingerprint density at radius 1 is 1.37 bits per heavy atom. The summed E-state index contributed by atoms with van der Waals surface area (Å²) in [5.74, 6) is 0. The Balaban J connectivity index is 2.47. The molecule has 0 aliphatic rings. The first-order valence-corrected chi connectivity index (χ1v) is 7.79. The molecule has 2 unspecified atom stereocenters. The third-order valence-electron chi connectivity index (χ3n) is 3.25. The maximum Gasteiger partial charge on any atom is 0.0765 e. The van der Waals surface area contributed by atoms with Crippen LogP contribution in [0.25, 0.3) is 0 Å². The van der Waals surface area contributed by atoms with Crippen LogP contribution in [0.2, 0.25) is 0 Å². The second-order valence-corrected chi connectivity index (χ2v) is 6.00. The molecular formula is C15H25NO2S. The third-order valence-corrected chi connectivity index (χ3v) is 3.99. The van der Waals surface area contributed by atoms with Gasteiger partial charge in [-0.05, 0) is 37.8 Å². The minimum Gasteiger partial charge on any atom is -0.389 e. The molecule has 0 aliphatic carbocycles. The second kappa shape index (κ2) is 7.90. The minimum atomic E-state index is -0.733. The van der Waals surface area contributed by atoms with Crippen LogP contribution in [0, 0.1) is 0 Å². The molecule has 0 saturated carbocycles. The monoisotopic (exact) mass is 283 g/mol. The molecule has 0 bridgehead atoms. The number of thioether (sulfide) groups is 1. The Morgan fingerprint density at radius 2 is 2.00 bits per heavy atom. The van der Waals surface area contributed by atoms with Crippen molar-refractivity contribution in [1.29, 1.82) is 0 Å². The van der Waals surface area contributed by atoms with E-state index in [0.29, 0.717) is 19.6 Å². The average molecular weight is 283 g/mol. The highest BCUT2D eigenvalue weighted by Gasteiger charge is 2.20. The van der Waals surface area contributed by atoms with Crippen LogP contribution in [0.1, 0.15) is 31.9 Å². The largest absolute Gasteiger partial charge is 0.389 e. The van der Waals surface area contributed by atoms with Crippen molar-refractivity contribution >= 4 is 11.8 Å². The average Bonchev–Trinajstić information content (AvgIpc) is 2.43. The number of aliphatic hydroxyl groups is 1. The fourth-order valence-electron chi connectivity index (χ4n) is 1.79. The molecule has 1 aromatic carbocycles. The van der Waals surface area contributed by atoms with Crippen LogP contribution in [0.5, 0.6) is 0 Å². The number of ether oxygens (including phenoxy) is 1. The molecule has 0 saturated heterocycles. The van der Waals surface area contributed by atoms with E-state index in [1.807, 2.05) is 6.92 Å². The van der Waals surface area contributed by atoms with E-state index in [2.05, 4.69) is 42.8 Å². The molecule has 0 radical (unpaired) electrons. The number of hydrogen-bond donors (Lipinski definition) is 2. The highest BCUT2D eigenvalue weighted by atomic mass is 32.2. The Hall–Kier alpha value is -0.550. The van der Waals surface area contributed by atoms with Crippen LogP contribution in [0.4, 0.5) is 0 Å². The molecule has 3 nitrogen and oxygen atoms in total. The lowest BCUT2D eigenvalue weighted by Gasteiger charge is -2.26. The zero-order valence-electron chi connectivity index (χ0n) is 12.3. The summed E-state index contributed by atoms with van der Waals surface area (Å²) in [6.07, 6.45) is 2.71. The lowest BCUT2D eigenvalue weighted by Crippen LogP contribution is -2.39. The molecular weight excluding hydrogens is 258 g/mol. The van der Waals surface area contributed by atoms with E-state index in [9.17, 15) is 5.11 Å². The molecule has 1 rings (SSSR count). The zero-order valence-corrected chi connectivity index (χ0v) is 13.1. The summed E-state index contributed by atoms with van der Waals surface area (Å²) < 4.78 is 5.00. The first-order valence-electron chi connectivity index (χ1n) is 6.57. The molecule has 4 heteroatoms. The molecule has 2 N–H and O–H groups in total. The van der Waals surface area contributed by atoms with Crippen molar-refractivity contribution in [2.75, 3.05) is 26.5 Å². The summed E-state index contributed by atoms with van der Waals surface area (Å²) in [5.41, 5.74) is 0.504. The molecule has 0 amide bonds. The van der Waals surface area contributed by atoms with Crippen molar-refractivity contribution in [3.63, 3.8) is 0 Å². The van der Waals surface area contributed by atoms with Gasteiger partial charge in [-0.3, -0.25) is 0 Å². The van der Waals surface area contributed by atoms with E-state index in [0.717, 1.165) is 0 Å². The third kappa shape index (κ3) is 5.95. The molecule has 1 aromatic rings. The lowest BCUT2D eigenvalue weighted by atomic mass is 10.0. The smallest absolute Gasteiger partial charge is 0.0765 e. The maximum atomic E-state index is 10.2. The molecule has 0 heterocycles. The summed E-state index contributed by atoms with van der Waals surface area (Å²) in [6.45, 7) is 5.08. The van der Waals surface area contributed by atoms with Crippen molar-refractivity contribution < 1.29 is 9.84 Å². The van der Waals surface area contributed by atoms with Gasteiger partial charge in [0.05, 0.1) is 5.60 Å². The van der Waals surface area contributed by atoms with Gasteiger partial charge in [0, 0.05) is 37.6 Å². The van der Waals surface area contributed by atoms with Crippen molar-refractivity contribution in [1.82, 2.24) is 5.32 Å². The van der Waals surface area contributed by atoms with Gasteiger partial charge in [-0.25, -0.2) is 0 Å². The number of hydrogen-bond acceptors (Lipinski definition) is 4. The summed E-state index contributed by atoms with van der Waals surface area (Å²) in [7, 11) is 1.65. The van der Waals surface area contributed by atoms with Gasteiger partial charge < -0.3 is 15.2 Å². The van der Waals surface area contributed by atoms with Gasteiger partial charge in [0.1, 0.15) is 0 Å². The van der Waals surface area contributed by atoms with E-state index in [1.54, 1.807) is 18.9 Å². The van der Waals surface area contributed by atoms with Crippen LogP contribution in [0.3, 0.4) is 0 Å². The quantitative estimate of drug-likeness (QED) is 0.720. The molecule has 0 aliphatic heterocycles. The number of rotatable bonds is 8. The molecule has 0 spiro atoms. The van der Waals surface area contributed by atoms with Crippen molar-refractivity contribution in [3.8, 4) is 0 Å². The molecule has 0 aromatic heterocycles. The summed E-state index contributed by atoms with van der Waals surface area (Å²) in [5, 5.41) is 13.6. The normalized spacial score (nSPS) is 16.1. The van der Waals surface area contributed by atoms with Crippen molar-refractivity contribution in [3.05, 3.63) is 29.8 Å². The first kappa shape index (κ1) is 16.5. The summed E-state index contributed by atoms with van der Waals surface area (Å²) >= 11 is 1.74. The van der Waals surface area contributed by atoms with Gasteiger partial charge in [-0.2, -0.15) is 0 Å². The van der Waals surface area contributed by atoms with Gasteiger partial charge in [0.2, 0.25) is 0 Å². The van der Waals surface area contributed by atoms with Crippen LogP contribution < -0.4 is 5.32 Å². The Kier molecular flexibility index (Phi) is 6.86. The topological polar surface area (TPSA) is 41.5 Å². The van der Waals surface area contributed by atoms with Crippen LogP contribution in [-0.4, -0.2) is 37.2 Å². The fourth-order valence-corrected chi connectivity index (χ4v) is 2.20. The Morgan fingerprint density at radius 3 is 2.53 bits per heavy atom. The molecule has 2 atom stereocenters. The molecule has 0 fully saturated rings. The van der Waals surface area contributed by atoms with Crippen LogP contribution >= 0.6 is 11.8 Å². The molecule has 108 valence electrons. The highest BCUT2D eigenvalue weighted by molar-refractivity contribution is 7.98. The van der Waals surface area contributed by atoms with Crippen molar-refractivity contribution in [2.24, 2.45) is 0 Å². The van der Waals surface area contributed by atoms with Gasteiger partial charge in [-0.15, -0.1) is 11.8 Å². The van der Waals surface area contributed by atoms with Crippen LogP contribution in [0.15, 0.2) is 29.2 Å². The van der Waals surface area contributed by atoms with Gasteiger partial charge in [-0.1, -0.05) is 12.1 Å². The maximum absolute atomic E-state index is 10.2. The molecule has 19 heavy (non-hydrogen) atoms. The SMILES string of the molecule is COCCC(C)(O)CNC(C)c1ccc(SC)cc1. The van der Waals surface area contributed by atoms with Gasteiger partial charge in [0.25, 0.3) is 0 Å². The number of methoxy groups -OCH3 is 1. The predicted octanol–water partition coefficient (Wildman–Crippen LogP) is 2.85. The van der Waals surface area contributed by atoms with E-state index in [4.69, 9.17) is 4.74 Å². The van der Waals surface area contributed by atoms with E-state index in [1.165, 1.54) is 10.5 Å².